The van der Waals surface area contributed by atoms with Crippen molar-refractivity contribution in [2.75, 3.05) is 25.7 Å². The molecule has 1 unspecified atom stereocenters. The molecule has 0 radical (unpaired) electrons. The maximum atomic E-state index is 12.0. The van der Waals surface area contributed by atoms with Crippen molar-refractivity contribution in [2.24, 2.45) is 0 Å². The summed E-state index contributed by atoms with van der Waals surface area (Å²) in [6.07, 6.45) is 1.35. The second kappa shape index (κ2) is 10.5. The van der Waals surface area contributed by atoms with E-state index in [9.17, 15) is 15.3 Å². The largest absolute Gasteiger partial charge is 0.692 e. The fraction of sp³-hybridized carbons (Fsp3) is 0.786. The highest BCUT2D eigenvalue weighted by Crippen LogP contribution is 2.22. The van der Waals surface area contributed by atoms with Crippen molar-refractivity contribution in [1.82, 2.24) is 20.0 Å². The summed E-state index contributed by atoms with van der Waals surface area (Å²) in [5.74, 6) is -0.273. The zero-order valence-electron chi connectivity index (χ0n) is 15.3. The van der Waals surface area contributed by atoms with Crippen LogP contribution in [0.2, 0.25) is 0 Å². The molecule has 13 heteroatoms. The van der Waals surface area contributed by atoms with Gasteiger partial charge in [0, 0.05) is 19.0 Å². The Balaban J connectivity index is 1.93. The van der Waals surface area contributed by atoms with Crippen molar-refractivity contribution in [1.29, 1.82) is 0 Å². The first-order valence-electron chi connectivity index (χ1n) is 8.36. The molecule has 1 aliphatic rings. The minimum atomic E-state index is -0.895. The Morgan fingerprint density at radius 2 is 2.19 bits per heavy atom. The van der Waals surface area contributed by atoms with Gasteiger partial charge >= 0.3 is 5.97 Å². The number of esters is 1. The molecular weight excluding hydrogens is 366 g/mol. The Kier molecular flexibility index (Phi) is 8.30. The normalized spacial score (nSPS) is 21.6. The molecule has 1 N–H and O–H groups in total. The Bertz CT molecular complexity index is 586. The smallest absolute Gasteiger partial charge is 0.323 e. The first-order chi connectivity index (χ1) is 13.0. The van der Waals surface area contributed by atoms with Crippen LogP contribution in [0.4, 0.5) is 0 Å². The number of carbonyl (C=O) groups is 1. The predicted octanol–water partition coefficient (Wildman–Crippen LogP) is -2.80. The highest BCUT2D eigenvalue weighted by Gasteiger charge is 2.39. The van der Waals surface area contributed by atoms with E-state index in [0.717, 1.165) is 0 Å². The maximum Gasteiger partial charge on any atom is 0.323 e. The summed E-state index contributed by atoms with van der Waals surface area (Å²) in [6, 6.07) is -0.188. The van der Waals surface area contributed by atoms with Crippen molar-refractivity contribution in [3.63, 3.8) is 0 Å². The Morgan fingerprint density at radius 3 is 2.81 bits per heavy atom. The summed E-state index contributed by atoms with van der Waals surface area (Å²) in [7, 11) is 1.37. The Labute approximate surface area is 155 Å². The molecule has 0 aliphatic carbocycles. The zero-order chi connectivity index (χ0) is 19.8. The molecule has 3 atom stereocenters. The molecule has 0 aromatic carbocycles. The molecule has 154 valence electrons. The second-order valence-electron chi connectivity index (χ2n) is 6.39. The van der Waals surface area contributed by atoms with Crippen LogP contribution in [-0.2, 0) is 35.8 Å². The number of aromatic nitrogens is 3. The number of methoxy groups -OCH3 is 1. The van der Waals surface area contributed by atoms with Gasteiger partial charge in [-0.25, -0.2) is 9.78 Å². The monoisotopic (exact) mass is 389 g/mol. The van der Waals surface area contributed by atoms with Gasteiger partial charge in [0.25, 0.3) is 0 Å². The number of rotatable bonds is 11. The van der Waals surface area contributed by atoms with Crippen LogP contribution in [-0.4, -0.2) is 70.5 Å². The minimum Gasteiger partial charge on any atom is -0.692 e. The highest BCUT2D eigenvalue weighted by atomic mass is 17.5. The number of hydrogen-bond donors (Lipinski definition) is 1. The van der Waals surface area contributed by atoms with E-state index in [1.807, 2.05) is 13.8 Å². The molecule has 1 aromatic heterocycles. The molecular formula is C14H23N5O8-2. The molecule has 1 aromatic rings. The minimum absolute atomic E-state index is 0.0414. The van der Waals surface area contributed by atoms with Crippen LogP contribution in [0.5, 0.6) is 0 Å². The van der Waals surface area contributed by atoms with Gasteiger partial charge < -0.3 is 20.7 Å². The number of carbonyl (C=O) groups excluding carboxylic acids is 1. The van der Waals surface area contributed by atoms with Crippen molar-refractivity contribution < 1.29 is 39.9 Å². The van der Waals surface area contributed by atoms with E-state index < -0.39 is 6.10 Å². The standard InChI is InChI=1S/C14H25N5O8/c1-9(2)18-6-11(5-13(18)14(20)23-3)16-19-7-10(15-17-19)4-12(25-27-22)8-24-26-21/h7,9,11-13,16,21-22H,4-6,8H2,1-3H3/p-2/t11-,12?,13+/m1/s1. The highest BCUT2D eigenvalue weighted by molar-refractivity contribution is 5.76. The first kappa shape index (κ1) is 21.4. The zero-order valence-corrected chi connectivity index (χ0v) is 15.3. The third-order valence-corrected chi connectivity index (χ3v) is 4.25. The van der Waals surface area contributed by atoms with Crippen LogP contribution in [0.1, 0.15) is 26.0 Å². The summed E-state index contributed by atoms with van der Waals surface area (Å²) < 4.78 is 4.88. The lowest BCUT2D eigenvalue weighted by molar-refractivity contribution is -0.816. The summed E-state index contributed by atoms with van der Waals surface area (Å²) in [6.45, 7) is 4.34. The molecule has 0 amide bonds. The molecule has 0 saturated carbocycles. The fourth-order valence-electron chi connectivity index (χ4n) is 3.05. The maximum absolute atomic E-state index is 12.0. The molecule has 27 heavy (non-hydrogen) atoms. The molecule has 0 bridgehead atoms. The number of nitrogens with one attached hydrogen (secondary N) is 1. The van der Waals surface area contributed by atoms with Crippen LogP contribution in [0.3, 0.4) is 0 Å². The van der Waals surface area contributed by atoms with Gasteiger partial charge in [-0.3, -0.25) is 19.8 Å². The second-order valence-corrected chi connectivity index (χ2v) is 6.39. The van der Waals surface area contributed by atoms with Crippen molar-refractivity contribution in [3.8, 4) is 0 Å². The number of hydrogen-bond acceptors (Lipinski definition) is 12. The van der Waals surface area contributed by atoms with E-state index in [0.29, 0.717) is 18.7 Å². The molecule has 13 nitrogen and oxygen atoms in total. The molecule has 0 spiro atoms. The number of nitrogens with zero attached hydrogens (tertiary/aromatic N) is 4. The van der Waals surface area contributed by atoms with Gasteiger partial charge in [-0.15, -0.1) is 5.10 Å². The molecule has 1 fully saturated rings. The first-order valence-corrected chi connectivity index (χ1v) is 8.36. The summed E-state index contributed by atoms with van der Waals surface area (Å²) in [4.78, 5) is 24.1. The van der Waals surface area contributed by atoms with Gasteiger partial charge in [0.2, 0.25) is 0 Å². The molecule has 1 aliphatic heterocycles. The lowest BCUT2D eigenvalue weighted by atomic mass is 10.1. The third-order valence-electron chi connectivity index (χ3n) is 4.25. The molecule has 1 saturated heterocycles. The van der Waals surface area contributed by atoms with Crippen molar-refractivity contribution in [3.05, 3.63) is 11.9 Å². The van der Waals surface area contributed by atoms with Gasteiger partial charge in [0.05, 0.1) is 25.0 Å². The van der Waals surface area contributed by atoms with E-state index in [1.165, 1.54) is 11.9 Å². The van der Waals surface area contributed by atoms with Crippen LogP contribution in [0.15, 0.2) is 6.20 Å². The van der Waals surface area contributed by atoms with E-state index in [4.69, 9.17) is 4.74 Å². The Morgan fingerprint density at radius 1 is 1.41 bits per heavy atom. The quantitative estimate of drug-likeness (QED) is 0.236. The summed E-state index contributed by atoms with van der Waals surface area (Å²) in [5, 5.41) is 34.5. The molecule has 2 rings (SSSR count). The average Bonchev–Trinajstić information content (AvgIpc) is 3.26. The summed E-state index contributed by atoms with van der Waals surface area (Å²) >= 11 is 0. The number of likely N-dealkylation sites (tertiary alicyclic amines) is 1. The summed E-state index contributed by atoms with van der Waals surface area (Å²) in [5.41, 5.74) is 3.62. The Hall–Kier alpha value is -1.87. The van der Waals surface area contributed by atoms with Gasteiger partial charge in [0.1, 0.15) is 18.8 Å². The average molecular weight is 389 g/mol. The van der Waals surface area contributed by atoms with E-state index in [2.05, 4.69) is 40.5 Å². The van der Waals surface area contributed by atoms with E-state index >= 15 is 0 Å². The van der Waals surface area contributed by atoms with Crippen molar-refractivity contribution >= 4 is 5.97 Å². The van der Waals surface area contributed by atoms with Crippen LogP contribution >= 0.6 is 0 Å². The lowest BCUT2D eigenvalue weighted by Gasteiger charge is -2.25. The lowest BCUT2D eigenvalue weighted by Crippen LogP contribution is -2.41. The van der Waals surface area contributed by atoms with Gasteiger partial charge in [-0.2, -0.15) is 4.79 Å². The topological polar surface area (TPSA) is 155 Å². The predicted molar refractivity (Wildman–Crippen MR) is 82.1 cm³/mol. The van der Waals surface area contributed by atoms with Crippen LogP contribution in [0, 0.1) is 0 Å². The van der Waals surface area contributed by atoms with Gasteiger partial charge in [-0.1, -0.05) is 0 Å². The molecule has 2 heterocycles. The van der Waals surface area contributed by atoms with Gasteiger partial charge in [-0.05, 0) is 25.5 Å². The van der Waals surface area contributed by atoms with E-state index in [1.54, 1.807) is 6.20 Å². The third kappa shape index (κ3) is 6.07. The SMILES string of the molecule is COC(=O)[C@@H]1C[C@@H](Nn2cc(CC(COO[O-])OO[O-])nn2)CN1C(C)C. The van der Waals surface area contributed by atoms with Crippen LogP contribution in [0.25, 0.3) is 0 Å². The fourth-order valence-corrected chi connectivity index (χ4v) is 3.05. The van der Waals surface area contributed by atoms with Gasteiger partial charge in [0.15, 0.2) is 0 Å². The van der Waals surface area contributed by atoms with E-state index in [-0.39, 0.29) is 37.1 Å². The number of ether oxygens (including phenoxy) is 1. The van der Waals surface area contributed by atoms with Crippen LogP contribution < -0.4 is 15.9 Å². The van der Waals surface area contributed by atoms with Crippen molar-refractivity contribution in [2.45, 2.75) is 50.9 Å².